The molecule has 1 aromatic carbocycles. The van der Waals surface area contributed by atoms with E-state index in [1.54, 1.807) is 0 Å². The molecule has 2 aliphatic heterocycles. The van der Waals surface area contributed by atoms with E-state index < -0.39 is 0 Å². The molecule has 19 heavy (non-hydrogen) atoms. The average Bonchev–Trinajstić information content (AvgIpc) is 2.76. The van der Waals surface area contributed by atoms with Crippen molar-refractivity contribution < 1.29 is 4.79 Å². The normalized spacial score (nSPS) is 29.9. The van der Waals surface area contributed by atoms with Crippen LogP contribution in [0.4, 0.5) is 5.69 Å². The number of hydrogen-bond acceptors (Lipinski definition) is 3. The minimum atomic E-state index is 0.231. The lowest BCUT2D eigenvalue weighted by atomic mass is 9.88. The molecule has 0 unspecified atom stereocenters. The van der Waals surface area contributed by atoms with Gasteiger partial charge in [0.15, 0.2) is 0 Å². The lowest BCUT2D eigenvalue weighted by molar-refractivity contribution is -0.131. The van der Waals surface area contributed by atoms with Gasteiger partial charge < -0.3 is 4.90 Å². The summed E-state index contributed by atoms with van der Waals surface area (Å²) in [5, 5.41) is 0. The molecule has 4 rings (SSSR count). The molecule has 1 saturated heterocycles. The van der Waals surface area contributed by atoms with E-state index in [0.29, 0.717) is 11.8 Å². The van der Waals surface area contributed by atoms with Crippen LogP contribution in [0, 0.1) is 0 Å². The summed E-state index contributed by atoms with van der Waals surface area (Å²) in [6.45, 7) is 3.12. The van der Waals surface area contributed by atoms with E-state index in [4.69, 9.17) is 0 Å². The van der Waals surface area contributed by atoms with Crippen molar-refractivity contribution in [1.82, 2.24) is 4.90 Å². The highest BCUT2D eigenvalue weighted by molar-refractivity contribution is 9.10. The second-order valence-corrected chi connectivity index (χ2v) is 6.66. The lowest BCUT2D eigenvalue weighted by Gasteiger charge is -2.44. The van der Waals surface area contributed by atoms with Crippen molar-refractivity contribution in [2.75, 3.05) is 24.5 Å². The van der Waals surface area contributed by atoms with Gasteiger partial charge in [0.05, 0.1) is 6.04 Å². The summed E-state index contributed by atoms with van der Waals surface area (Å²) in [7, 11) is 0. The molecule has 0 N–H and O–H groups in total. The number of anilines is 1. The maximum Gasteiger partial charge on any atom is 0.150 e. The van der Waals surface area contributed by atoms with Crippen molar-refractivity contribution in [1.29, 1.82) is 0 Å². The number of halogens is 1. The van der Waals surface area contributed by atoms with Crippen LogP contribution in [0.25, 0.3) is 0 Å². The van der Waals surface area contributed by atoms with E-state index >= 15 is 0 Å². The number of piperazine rings is 1. The number of hydrogen-bond donors (Lipinski definition) is 0. The molecular weight excluding hydrogens is 304 g/mol. The van der Waals surface area contributed by atoms with Gasteiger partial charge in [0.25, 0.3) is 0 Å². The van der Waals surface area contributed by atoms with Gasteiger partial charge in [0.1, 0.15) is 5.78 Å². The Morgan fingerprint density at radius 1 is 1.26 bits per heavy atom. The van der Waals surface area contributed by atoms with Crippen LogP contribution in [-0.2, 0) is 11.2 Å². The summed E-state index contributed by atoms with van der Waals surface area (Å²) in [5.41, 5.74) is 2.83. The Hall–Kier alpha value is -0.870. The van der Waals surface area contributed by atoms with Crippen molar-refractivity contribution in [3.05, 3.63) is 28.2 Å². The number of fused-ring (bicyclic) bond motifs is 3. The number of nitrogens with zero attached hydrogens (tertiary/aromatic N) is 2. The minimum Gasteiger partial charge on any atom is -0.365 e. The largest absolute Gasteiger partial charge is 0.365 e. The van der Waals surface area contributed by atoms with E-state index in [1.165, 1.54) is 15.7 Å². The maximum absolute atomic E-state index is 11.6. The van der Waals surface area contributed by atoms with Crippen LogP contribution in [-0.4, -0.2) is 42.4 Å². The maximum atomic E-state index is 11.6. The van der Waals surface area contributed by atoms with Crippen molar-refractivity contribution in [2.45, 2.75) is 31.3 Å². The van der Waals surface area contributed by atoms with Gasteiger partial charge in [-0.15, -0.1) is 0 Å². The van der Waals surface area contributed by atoms with Gasteiger partial charge in [-0.25, -0.2) is 0 Å². The molecule has 0 spiro atoms. The quantitative estimate of drug-likeness (QED) is 0.792. The van der Waals surface area contributed by atoms with Crippen molar-refractivity contribution >= 4 is 27.4 Å². The summed E-state index contributed by atoms with van der Waals surface area (Å²) < 4.78 is 1.23. The van der Waals surface area contributed by atoms with Crippen molar-refractivity contribution in [3.63, 3.8) is 0 Å². The number of carbonyl (C=O) groups excluding carboxylic acids is 1. The third kappa shape index (κ3) is 1.77. The van der Waals surface area contributed by atoms with E-state index in [1.807, 2.05) is 0 Å². The molecule has 0 amide bonds. The molecule has 1 aromatic rings. The monoisotopic (exact) mass is 320 g/mol. The van der Waals surface area contributed by atoms with Gasteiger partial charge in [-0.05, 0) is 30.5 Å². The second-order valence-electron chi connectivity index (χ2n) is 5.80. The third-order valence-corrected chi connectivity index (χ3v) is 5.58. The standard InChI is InChI=1S/C15H17BrN2O/c16-12-2-1-3-13-11(12)8-10-9-17(6-7-18(10)13)14-4-5-15(14)19/h1-3,10,14H,4-9H2/t10-,14-/m1/s1. The third-order valence-electron chi connectivity index (χ3n) is 4.83. The Balaban J connectivity index is 1.56. The Labute approximate surface area is 121 Å². The first-order valence-corrected chi connectivity index (χ1v) is 7.84. The predicted octanol–water partition coefficient (Wildman–Crippen LogP) is 2.23. The Morgan fingerprint density at radius 2 is 2.16 bits per heavy atom. The highest BCUT2D eigenvalue weighted by atomic mass is 79.9. The molecule has 2 fully saturated rings. The van der Waals surface area contributed by atoms with Crippen LogP contribution in [0.2, 0.25) is 0 Å². The first-order chi connectivity index (χ1) is 9.24. The fourth-order valence-electron chi connectivity index (χ4n) is 3.69. The molecule has 0 aromatic heterocycles. The van der Waals surface area contributed by atoms with Gasteiger partial charge in [-0.3, -0.25) is 9.69 Å². The van der Waals surface area contributed by atoms with E-state index in [0.717, 1.165) is 38.9 Å². The van der Waals surface area contributed by atoms with Crippen LogP contribution in [0.3, 0.4) is 0 Å². The topological polar surface area (TPSA) is 23.6 Å². The lowest BCUT2D eigenvalue weighted by Crippen LogP contribution is -2.59. The predicted molar refractivity (Wildman–Crippen MR) is 78.6 cm³/mol. The van der Waals surface area contributed by atoms with E-state index in [-0.39, 0.29) is 6.04 Å². The number of carbonyl (C=O) groups is 1. The molecule has 3 nitrogen and oxygen atoms in total. The summed E-state index contributed by atoms with van der Waals surface area (Å²) in [4.78, 5) is 16.6. The molecule has 0 bridgehead atoms. The number of rotatable bonds is 1. The molecule has 100 valence electrons. The fourth-order valence-corrected chi connectivity index (χ4v) is 4.20. The molecule has 3 aliphatic rings. The summed E-state index contributed by atoms with van der Waals surface area (Å²) in [5.74, 6) is 0.449. The number of Topliss-reactive ketones (excluding diaryl/α,β-unsaturated/α-hetero) is 1. The van der Waals surface area contributed by atoms with Crippen LogP contribution in [0.15, 0.2) is 22.7 Å². The zero-order valence-electron chi connectivity index (χ0n) is 10.8. The highest BCUT2D eigenvalue weighted by Gasteiger charge is 2.40. The van der Waals surface area contributed by atoms with Gasteiger partial charge in [0.2, 0.25) is 0 Å². The van der Waals surface area contributed by atoms with Gasteiger partial charge in [0, 0.05) is 42.3 Å². The molecule has 4 heteroatoms. The van der Waals surface area contributed by atoms with Gasteiger partial charge in [-0.1, -0.05) is 22.0 Å². The highest BCUT2D eigenvalue weighted by Crippen LogP contribution is 2.39. The van der Waals surface area contributed by atoms with Gasteiger partial charge in [-0.2, -0.15) is 0 Å². The molecule has 1 saturated carbocycles. The SMILES string of the molecule is O=C1CC[C@H]1N1CCN2c3cccc(Br)c3C[C@@H]2C1. The zero-order chi connectivity index (χ0) is 13.0. The Morgan fingerprint density at radius 3 is 2.89 bits per heavy atom. The summed E-state index contributed by atoms with van der Waals surface area (Å²) in [6, 6.07) is 7.26. The van der Waals surface area contributed by atoms with Crippen LogP contribution in [0.1, 0.15) is 18.4 Å². The van der Waals surface area contributed by atoms with Crippen molar-refractivity contribution in [2.24, 2.45) is 0 Å². The van der Waals surface area contributed by atoms with Crippen LogP contribution < -0.4 is 4.90 Å². The Kier molecular flexibility index (Phi) is 2.71. The Bertz CT molecular complexity index is 545. The average molecular weight is 321 g/mol. The minimum absolute atomic E-state index is 0.231. The fraction of sp³-hybridized carbons (Fsp3) is 0.533. The summed E-state index contributed by atoms with van der Waals surface area (Å²) >= 11 is 3.67. The number of benzene rings is 1. The molecule has 1 aliphatic carbocycles. The molecule has 2 heterocycles. The molecular formula is C15H17BrN2O. The molecule has 2 atom stereocenters. The van der Waals surface area contributed by atoms with Crippen LogP contribution in [0.5, 0.6) is 0 Å². The number of ketones is 1. The van der Waals surface area contributed by atoms with Gasteiger partial charge >= 0.3 is 0 Å². The van der Waals surface area contributed by atoms with Crippen LogP contribution >= 0.6 is 15.9 Å². The zero-order valence-corrected chi connectivity index (χ0v) is 12.4. The van der Waals surface area contributed by atoms with E-state index in [2.05, 4.69) is 43.9 Å². The van der Waals surface area contributed by atoms with Crippen molar-refractivity contribution in [3.8, 4) is 0 Å². The summed E-state index contributed by atoms with van der Waals surface area (Å²) in [6.07, 6.45) is 2.97. The van der Waals surface area contributed by atoms with E-state index in [9.17, 15) is 4.79 Å². The first-order valence-electron chi connectivity index (χ1n) is 7.05. The molecule has 0 radical (unpaired) electrons. The second kappa shape index (κ2) is 4.32. The first kappa shape index (κ1) is 11.9. The smallest absolute Gasteiger partial charge is 0.150 e.